The van der Waals surface area contributed by atoms with E-state index >= 15 is 0 Å². The molecule has 1 heterocycles. The van der Waals surface area contributed by atoms with Crippen molar-refractivity contribution in [3.8, 4) is 11.5 Å². The Morgan fingerprint density at radius 3 is 2.58 bits per heavy atom. The van der Waals surface area contributed by atoms with E-state index in [-0.39, 0.29) is 5.97 Å². The molecule has 1 aromatic carbocycles. The van der Waals surface area contributed by atoms with Gasteiger partial charge in [-0.15, -0.1) is 0 Å². The first-order chi connectivity index (χ1) is 11.5. The van der Waals surface area contributed by atoms with Crippen molar-refractivity contribution in [3.05, 3.63) is 35.0 Å². The molecule has 0 spiro atoms. The third-order valence-electron chi connectivity index (χ3n) is 3.63. The van der Waals surface area contributed by atoms with Crippen LogP contribution in [0.4, 0.5) is 0 Å². The number of nitrogens with one attached hydrogen (secondary N) is 1. The molecule has 0 fully saturated rings. The zero-order valence-electron chi connectivity index (χ0n) is 14.5. The van der Waals surface area contributed by atoms with Crippen molar-refractivity contribution in [2.24, 2.45) is 4.99 Å². The number of rotatable bonds is 5. The fourth-order valence-electron chi connectivity index (χ4n) is 2.49. The molecule has 1 aromatic rings. The summed E-state index contributed by atoms with van der Waals surface area (Å²) in [5, 5.41) is 3.89. The van der Waals surface area contributed by atoms with E-state index in [0.717, 1.165) is 16.4 Å². The average Bonchev–Trinajstić information content (AvgIpc) is 2.60. The van der Waals surface area contributed by atoms with Gasteiger partial charge in [0.2, 0.25) is 0 Å². The van der Waals surface area contributed by atoms with E-state index in [0.29, 0.717) is 23.7 Å². The lowest BCUT2D eigenvalue weighted by molar-refractivity contribution is -0.138. The number of aliphatic imine (C=N–C) groups is 1. The number of benzene rings is 1. The van der Waals surface area contributed by atoms with E-state index < -0.39 is 6.04 Å². The topological polar surface area (TPSA) is 69.2 Å². The quantitative estimate of drug-likeness (QED) is 0.824. The first-order valence-corrected chi connectivity index (χ1v) is 8.76. The molecule has 0 amide bonds. The van der Waals surface area contributed by atoms with Crippen LogP contribution in [0, 0.1) is 0 Å². The highest BCUT2D eigenvalue weighted by Crippen LogP contribution is 2.37. The fraction of sp³-hybridized carbons (Fsp3) is 0.412. The highest BCUT2D eigenvalue weighted by molar-refractivity contribution is 8.13. The molecule has 2 rings (SSSR count). The second-order valence-electron chi connectivity index (χ2n) is 5.04. The monoisotopic (exact) mass is 350 g/mol. The average molecular weight is 350 g/mol. The molecule has 0 saturated carbocycles. The number of hydrogen-bond acceptors (Lipinski definition) is 7. The molecule has 7 heteroatoms. The van der Waals surface area contributed by atoms with Crippen LogP contribution in [0.3, 0.4) is 0 Å². The van der Waals surface area contributed by atoms with Gasteiger partial charge >= 0.3 is 5.97 Å². The summed E-state index contributed by atoms with van der Waals surface area (Å²) in [6, 6.07) is 5.07. The van der Waals surface area contributed by atoms with Crippen molar-refractivity contribution in [3.63, 3.8) is 0 Å². The van der Waals surface area contributed by atoms with Crippen LogP contribution >= 0.6 is 11.8 Å². The van der Waals surface area contributed by atoms with Crippen LogP contribution in [-0.2, 0) is 9.53 Å². The molecule has 6 nitrogen and oxygen atoms in total. The normalized spacial score (nSPS) is 17.0. The van der Waals surface area contributed by atoms with Gasteiger partial charge in [0.15, 0.2) is 16.7 Å². The summed E-state index contributed by atoms with van der Waals surface area (Å²) in [6.45, 7) is 3.95. The third kappa shape index (κ3) is 3.67. The molecule has 1 atom stereocenters. The Kier molecular flexibility index (Phi) is 6.14. The van der Waals surface area contributed by atoms with Crippen molar-refractivity contribution in [2.75, 3.05) is 27.1 Å². The second-order valence-corrected chi connectivity index (χ2v) is 5.83. The zero-order valence-corrected chi connectivity index (χ0v) is 15.3. The predicted molar refractivity (Wildman–Crippen MR) is 95.7 cm³/mol. The largest absolute Gasteiger partial charge is 0.493 e. The summed E-state index contributed by atoms with van der Waals surface area (Å²) in [5.74, 6) is 0.851. The maximum atomic E-state index is 12.4. The lowest BCUT2D eigenvalue weighted by Gasteiger charge is -2.25. The van der Waals surface area contributed by atoms with Gasteiger partial charge in [-0.2, -0.15) is 0 Å². The van der Waals surface area contributed by atoms with Crippen LogP contribution in [0.15, 0.2) is 34.5 Å². The van der Waals surface area contributed by atoms with Crippen LogP contribution in [0.25, 0.3) is 0 Å². The first-order valence-electron chi connectivity index (χ1n) is 7.54. The number of nitrogens with zero attached hydrogens (tertiary/aromatic N) is 1. The first kappa shape index (κ1) is 18.2. The lowest BCUT2D eigenvalue weighted by atomic mass is 9.96. The number of amidine groups is 1. The summed E-state index contributed by atoms with van der Waals surface area (Å²) in [6.07, 6.45) is 1.93. The Bertz CT molecular complexity index is 685. The zero-order chi connectivity index (χ0) is 17.7. The number of methoxy groups -OCH3 is 2. The van der Waals surface area contributed by atoms with Crippen LogP contribution in [0.1, 0.15) is 25.5 Å². The molecular formula is C17H22N2O4S. The van der Waals surface area contributed by atoms with Crippen molar-refractivity contribution in [2.45, 2.75) is 19.9 Å². The number of allylic oxidation sites excluding steroid dienone is 1. The van der Waals surface area contributed by atoms with Gasteiger partial charge in [0, 0.05) is 5.70 Å². The maximum absolute atomic E-state index is 12.4. The standard InChI is InChI=1S/C17H22N2O4S/c1-6-23-16(20)14-10(2)18-17(24-5)19-15(14)11-7-8-12(21-3)13(9-11)22-4/h7-9,15H,6H2,1-5H3,(H,18,19). The van der Waals surface area contributed by atoms with Gasteiger partial charge in [-0.1, -0.05) is 17.8 Å². The van der Waals surface area contributed by atoms with Gasteiger partial charge in [-0.05, 0) is 37.8 Å². The van der Waals surface area contributed by atoms with Gasteiger partial charge in [-0.3, -0.25) is 0 Å². The Morgan fingerprint density at radius 2 is 2.00 bits per heavy atom. The highest BCUT2D eigenvalue weighted by Gasteiger charge is 2.30. The van der Waals surface area contributed by atoms with Crippen LogP contribution < -0.4 is 14.8 Å². The van der Waals surface area contributed by atoms with E-state index in [4.69, 9.17) is 14.2 Å². The summed E-state index contributed by atoms with van der Waals surface area (Å²) in [7, 11) is 3.16. The minimum absolute atomic E-state index is 0.313. The van der Waals surface area contributed by atoms with Gasteiger partial charge in [0.25, 0.3) is 0 Å². The van der Waals surface area contributed by atoms with E-state index in [1.165, 1.54) is 11.8 Å². The van der Waals surface area contributed by atoms with Gasteiger partial charge < -0.3 is 19.5 Å². The van der Waals surface area contributed by atoms with Gasteiger partial charge in [-0.25, -0.2) is 9.79 Å². The number of esters is 1. The Hall–Kier alpha value is -2.15. The van der Waals surface area contributed by atoms with E-state index in [9.17, 15) is 4.79 Å². The van der Waals surface area contributed by atoms with Crippen molar-refractivity contribution in [1.29, 1.82) is 0 Å². The van der Waals surface area contributed by atoms with E-state index in [1.54, 1.807) is 21.1 Å². The Labute approximate surface area is 146 Å². The Morgan fingerprint density at radius 1 is 1.29 bits per heavy atom. The molecule has 0 aromatic heterocycles. The molecule has 1 N–H and O–H groups in total. The van der Waals surface area contributed by atoms with Crippen LogP contribution in [0.5, 0.6) is 11.5 Å². The second kappa shape index (κ2) is 8.10. The minimum atomic E-state index is -0.451. The van der Waals surface area contributed by atoms with Crippen LogP contribution in [0.2, 0.25) is 0 Å². The number of ether oxygens (including phenoxy) is 3. The van der Waals surface area contributed by atoms with Crippen molar-refractivity contribution in [1.82, 2.24) is 5.32 Å². The molecule has 1 aliphatic heterocycles. The summed E-state index contributed by atoms with van der Waals surface area (Å²) in [5.41, 5.74) is 2.08. The maximum Gasteiger partial charge on any atom is 0.338 e. The van der Waals surface area contributed by atoms with Crippen molar-refractivity contribution < 1.29 is 19.0 Å². The molecular weight excluding hydrogens is 328 g/mol. The molecule has 0 radical (unpaired) electrons. The van der Waals surface area contributed by atoms with Gasteiger partial charge in [0.1, 0.15) is 6.04 Å². The SMILES string of the molecule is CCOC(=O)C1=C(C)NC(SC)=NC1c1ccc(OC)c(OC)c1. The van der Waals surface area contributed by atoms with E-state index in [1.807, 2.05) is 31.4 Å². The smallest absolute Gasteiger partial charge is 0.338 e. The molecule has 130 valence electrons. The highest BCUT2D eigenvalue weighted by atomic mass is 32.2. The van der Waals surface area contributed by atoms with E-state index in [2.05, 4.69) is 10.3 Å². The Balaban J connectivity index is 2.51. The molecule has 24 heavy (non-hydrogen) atoms. The number of carbonyl (C=O) groups is 1. The van der Waals surface area contributed by atoms with Crippen LogP contribution in [-0.4, -0.2) is 38.2 Å². The molecule has 1 unspecified atom stereocenters. The fourth-order valence-corrected chi connectivity index (χ4v) is 2.95. The number of hydrogen-bond donors (Lipinski definition) is 1. The molecule has 0 aliphatic carbocycles. The summed E-state index contributed by atoms with van der Waals surface area (Å²) >= 11 is 1.49. The minimum Gasteiger partial charge on any atom is -0.493 e. The number of thioether (sulfide) groups is 1. The summed E-state index contributed by atoms with van der Waals surface area (Å²) < 4.78 is 15.8. The number of carbonyl (C=O) groups excluding carboxylic acids is 1. The third-order valence-corrected chi connectivity index (χ3v) is 4.22. The van der Waals surface area contributed by atoms with Crippen molar-refractivity contribution >= 4 is 22.9 Å². The molecule has 0 saturated heterocycles. The van der Waals surface area contributed by atoms with Gasteiger partial charge in [0.05, 0.1) is 26.4 Å². The molecule has 1 aliphatic rings. The lowest BCUT2D eigenvalue weighted by Crippen LogP contribution is -2.30. The predicted octanol–water partition coefficient (Wildman–Crippen LogP) is 2.90. The summed E-state index contributed by atoms with van der Waals surface area (Å²) in [4.78, 5) is 17.1. The molecule has 0 bridgehead atoms.